The summed E-state index contributed by atoms with van der Waals surface area (Å²) in [4.78, 5) is 23.4. The van der Waals surface area contributed by atoms with Gasteiger partial charge in [-0.25, -0.2) is 9.97 Å². The maximum absolute atomic E-state index is 11.8. The minimum Gasteiger partial charge on any atom is -0.367 e. The van der Waals surface area contributed by atoms with Crippen molar-refractivity contribution < 1.29 is 0 Å². The summed E-state index contributed by atoms with van der Waals surface area (Å²) >= 11 is 0. The number of aromatic amines is 1. The van der Waals surface area contributed by atoms with Gasteiger partial charge in [-0.05, 0) is 38.8 Å². The summed E-state index contributed by atoms with van der Waals surface area (Å²) in [6, 6.07) is 4.27. The summed E-state index contributed by atoms with van der Waals surface area (Å²) in [5.74, 6) is 1.41. The van der Waals surface area contributed by atoms with Crippen LogP contribution in [0, 0.1) is 13.8 Å². The second-order valence-electron chi connectivity index (χ2n) is 5.34. The number of pyridine rings is 1. The van der Waals surface area contributed by atoms with E-state index in [0.717, 1.165) is 29.9 Å². The fourth-order valence-electron chi connectivity index (χ4n) is 2.35. The zero-order chi connectivity index (χ0) is 14.8. The highest BCUT2D eigenvalue weighted by molar-refractivity contribution is 5.56. The number of anilines is 1. The highest BCUT2D eigenvalue weighted by atomic mass is 16.1. The third kappa shape index (κ3) is 2.86. The molecular weight excluding hydrogens is 264 g/mol. The van der Waals surface area contributed by atoms with Crippen LogP contribution in [0.25, 0.3) is 11.4 Å². The average molecular weight is 282 g/mol. The molecule has 0 aliphatic heterocycles. The fourth-order valence-corrected chi connectivity index (χ4v) is 2.35. The molecule has 0 aromatic carbocycles. The lowest BCUT2D eigenvalue weighted by Crippen LogP contribution is -2.16. The number of hydrogen-bond donors (Lipinski definition) is 2. The van der Waals surface area contributed by atoms with E-state index in [0.29, 0.717) is 17.4 Å². The molecule has 0 unspecified atom stereocenters. The van der Waals surface area contributed by atoms with Crippen LogP contribution in [0.3, 0.4) is 0 Å². The van der Waals surface area contributed by atoms with Crippen molar-refractivity contribution in [2.75, 3.05) is 5.32 Å². The number of nitrogens with zero attached hydrogens (tertiary/aromatic N) is 2. The molecule has 1 aliphatic rings. The predicted molar refractivity (Wildman–Crippen MR) is 83.3 cm³/mol. The first-order valence-corrected chi connectivity index (χ1v) is 7.09. The molecule has 0 bridgehead atoms. The molecule has 2 aromatic rings. The Morgan fingerprint density at radius 1 is 1.24 bits per heavy atom. The van der Waals surface area contributed by atoms with Crippen LogP contribution in [-0.4, -0.2) is 21.0 Å². The Balaban J connectivity index is 1.82. The third-order valence-electron chi connectivity index (χ3n) is 3.79. The van der Waals surface area contributed by atoms with Gasteiger partial charge >= 0.3 is 0 Å². The molecule has 3 rings (SSSR count). The van der Waals surface area contributed by atoms with E-state index in [4.69, 9.17) is 0 Å². The van der Waals surface area contributed by atoms with Gasteiger partial charge in [-0.1, -0.05) is 12.2 Å². The van der Waals surface area contributed by atoms with Gasteiger partial charge in [-0.2, -0.15) is 0 Å². The van der Waals surface area contributed by atoms with Crippen LogP contribution >= 0.6 is 0 Å². The van der Waals surface area contributed by atoms with Crippen molar-refractivity contribution in [1.29, 1.82) is 0 Å². The van der Waals surface area contributed by atoms with Crippen molar-refractivity contribution in [1.82, 2.24) is 15.0 Å². The Bertz CT molecular complexity index is 723. The van der Waals surface area contributed by atoms with Gasteiger partial charge in [0.15, 0.2) is 0 Å². The second-order valence-corrected chi connectivity index (χ2v) is 5.34. The molecule has 2 heterocycles. The Hall–Kier alpha value is -2.43. The molecule has 0 saturated heterocycles. The number of aromatic nitrogens is 3. The molecular formula is C16H18N4O. The molecule has 0 fully saturated rings. The second kappa shape index (κ2) is 5.52. The van der Waals surface area contributed by atoms with Gasteiger partial charge in [0.25, 0.3) is 5.56 Å². The van der Waals surface area contributed by atoms with Gasteiger partial charge in [0, 0.05) is 29.1 Å². The number of H-pyrrole nitrogens is 1. The largest absolute Gasteiger partial charge is 0.367 e. The van der Waals surface area contributed by atoms with Gasteiger partial charge in [0.05, 0.1) is 0 Å². The first-order chi connectivity index (χ1) is 10.1. The molecule has 0 amide bonds. The maximum Gasteiger partial charge on any atom is 0.254 e. The summed E-state index contributed by atoms with van der Waals surface area (Å²) in [6.07, 6.45) is 8.16. The number of aryl methyl sites for hydroxylation is 1. The summed E-state index contributed by atoms with van der Waals surface area (Å²) in [5, 5.41) is 3.39. The molecule has 1 aliphatic carbocycles. The topological polar surface area (TPSA) is 70.7 Å². The molecule has 0 saturated carbocycles. The highest BCUT2D eigenvalue weighted by Gasteiger charge is 2.11. The summed E-state index contributed by atoms with van der Waals surface area (Å²) in [6.45, 7) is 3.61. The summed E-state index contributed by atoms with van der Waals surface area (Å²) < 4.78 is 0. The van der Waals surface area contributed by atoms with Crippen molar-refractivity contribution in [3.8, 4) is 11.4 Å². The standard InChI is InChI=1S/C16H18N4O/c1-10-11(2)18-15(20-16(10)21)12-7-8-14(17-9-12)19-13-5-3-4-6-13/h3-4,7-9,13H,5-6H2,1-2H3,(H,17,19)(H,18,20,21). The van der Waals surface area contributed by atoms with E-state index in [9.17, 15) is 4.79 Å². The molecule has 5 nitrogen and oxygen atoms in total. The Kier molecular flexibility index (Phi) is 3.56. The zero-order valence-electron chi connectivity index (χ0n) is 12.2. The number of nitrogens with one attached hydrogen (secondary N) is 2. The van der Waals surface area contributed by atoms with Crippen molar-refractivity contribution in [2.24, 2.45) is 0 Å². The summed E-state index contributed by atoms with van der Waals surface area (Å²) in [7, 11) is 0. The molecule has 0 atom stereocenters. The van der Waals surface area contributed by atoms with Gasteiger partial charge < -0.3 is 10.3 Å². The number of hydrogen-bond acceptors (Lipinski definition) is 4. The summed E-state index contributed by atoms with van der Waals surface area (Å²) in [5.41, 5.74) is 2.11. The van der Waals surface area contributed by atoms with E-state index in [2.05, 4.69) is 32.4 Å². The lowest BCUT2D eigenvalue weighted by Gasteiger charge is -2.12. The lowest BCUT2D eigenvalue weighted by atomic mass is 10.2. The smallest absolute Gasteiger partial charge is 0.254 e. The van der Waals surface area contributed by atoms with Crippen LogP contribution in [0.2, 0.25) is 0 Å². The average Bonchev–Trinajstić information content (AvgIpc) is 2.98. The van der Waals surface area contributed by atoms with Gasteiger partial charge in [-0.15, -0.1) is 0 Å². The minimum absolute atomic E-state index is 0.100. The quantitative estimate of drug-likeness (QED) is 0.849. The predicted octanol–water partition coefficient (Wildman–Crippen LogP) is 2.58. The SMILES string of the molecule is Cc1nc(-c2ccc(NC3CC=CC3)nc2)[nH]c(=O)c1C. The zero-order valence-corrected chi connectivity index (χ0v) is 12.2. The molecule has 21 heavy (non-hydrogen) atoms. The van der Waals surface area contributed by atoms with Gasteiger partial charge in [0.2, 0.25) is 0 Å². The van der Waals surface area contributed by atoms with E-state index >= 15 is 0 Å². The van der Waals surface area contributed by atoms with E-state index in [-0.39, 0.29) is 5.56 Å². The van der Waals surface area contributed by atoms with E-state index in [1.807, 2.05) is 19.1 Å². The van der Waals surface area contributed by atoms with Crippen LogP contribution in [0.15, 0.2) is 35.3 Å². The molecule has 108 valence electrons. The monoisotopic (exact) mass is 282 g/mol. The van der Waals surface area contributed by atoms with E-state index < -0.39 is 0 Å². The Labute approximate surface area is 123 Å². The van der Waals surface area contributed by atoms with Crippen LogP contribution in [0.1, 0.15) is 24.1 Å². The third-order valence-corrected chi connectivity index (χ3v) is 3.79. The lowest BCUT2D eigenvalue weighted by molar-refractivity contribution is 0.781. The molecule has 2 N–H and O–H groups in total. The molecule has 2 aromatic heterocycles. The highest BCUT2D eigenvalue weighted by Crippen LogP contribution is 2.18. The molecule has 5 heteroatoms. The van der Waals surface area contributed by atoms with Crippen LogP contribution in [0.5, 0.6) is 0 Å². The first kappa shape index (κ1) is 13.5. The van der Waals surface area contributed by atoms with Gasteiger partial charge in [-0.3, -0.25) is 4.79 Å². The fraction of sp³-hybridized carbons (Fsp3) is 0.312. The van der Waals surface area contributed by atoms with Crippen LogP contribution in [0.4, 0.5) is 5.82 Å². The van der Waals surface area contributed by atoms with Crippen molar-refractivity contribution in [3.63, 3.8) is 0 Å². The number of rotatable bonds is 3. The van der Waals surface area contributed by atoms with Crippen molar-refractivity contribution in [2.45, 2.75) is 32.7 Å². The minimum atomic E-state index is -0.100. The van der Waals surface area contributed by atoms with Crippen molar-refractivity contribution in [3.05, 3.63) is 52.1 Å². The van der Waals surface area contributed by atoms with E-state index in [1.54, 1.807) is 13.1 Å². The maximum atomic E-state index is 11.8. The van der Waals surface area contributed by atoms with Gasteiger partial charge in [0.1, 0.15) is 11.6 Å². The molecule has 0 spiro atoms. The molecule has 0 radical (unpaired) electrons. The normalized spacial score (nSPS) is 14.6. The van der Waals surface area contributed by atoms with E-state index in [1.165, 1.54) is 0 Å². The van der Waals surface area contributed by atoms with Crippen molar-refractivity contribution >= 4 is 5.82 Å². The van der Waals surface area contributed by atoms with Crippen LogP contribution < -0.4 is 10.9 Å². The first-order valence-electron chi connectivity index (χ1n) is 7.09. The Morgan fingerprint density at radius 2 is 2.00 bits per heavy atom. The van der Waals surface area contributed by atoms with Crippen LogP contribution in [-0.2, 0) is 0 Å². The Morgan fingerprint density at radius 3 is 2.62 bits per heavy atom.